The van der Waals surface area contributed by atoms with Gasteiger partial charge in [-0.25, -0.2) is 8.42 Å². The second-order valence-corrected chi connectivity index (χ2v) is 7.90. The van der Waals surface area contributed by atoms with Crippen molar-refractivity contribution in [2.24, 2.45) is 5.92 Å². The van der Waals surface area contributed by atoms with E-state index in [0.29, 0.717) is 18.0 Å². The van der Waals surface area contributed by atoms with Crippen molar-refractivity contribution in [3.05, 3.63) is 29.8 Å². The lowest BCUT2D eigenvalue weighted by molar-refractivity contribution is 0.189. The maximum atomic E-state index is 12.9. The standard InChI is InChI=1S/C15H24N2O2S/c1-11(2)15-9-16-13(4)10-17(15)20(18,19)14-7-5-12(3)6-8-14/h5-8,11,13,15-16H,9-10H2,1-4H3. The highest BCUT2D eigenvalue weighted by Crippen LogP contribution is 2.24. The molecular weight excluding hydrogens is 272 g/mol. The van der Waals surface area contributed by atoms with Crippen LogP contribution in [-0.4, -0.2) is 37.9 Å². The van der Waals surface area contributed by atoms with Crippen molar-refractivity contribution in [3.63, 3.8) is 0 Å². The molecule has 1 saturated heterocycles. The molecule has 0 aromatic heterocycles. The monoisotopic (exact) mass is 296 g/mol. The Hall–Kier alpha value is -0.910. The Kier molecular flexibility index (Phi) is 4.52. The van der Waals surface area contributed by atoms with Gasteiger partial charge in [0.1, 0.15) is 0 Å². The van der Waals surface area contributed by atoms with Crippen LogP contribution in [0.2, 0.25) is 0 Å². The van der Waals surface area contributed by atoms with Crippen molar-refractivity contribution < 1.29 is 8.42 Å². The smallest absolute Gasteiger partial charge is 0.243 e. The first kappa shape index (κ1) is 15.5. The highest BCUT2D eigenvalue weighted by atomic mass is 32.2. The summed E-state index contributed by atoms with van der Waals surface area (Å²) in [6.07, 6.45) is 0. The second-order valence-electron chi connectivity index (χ2n) is 6.01. The molecular formula is C15H24N2O2S. The zero-order chi connectivity index (χ0) is 14.9. The number of hydrogen-bond donors (Lipinski definition) is 1. The molecule has 0 aliphatic carbocycles. The first-order valence-electron chi connectivity index (χ1n) is 7.14. The lowest BCUT2D eigenvalue weighted by atomic mass is 10.0. The van der Waals surface area contributed by atoms with E-state index in [9.17, 15) is 8.42 Å². The molecule has 0 radical (unpaired) electrons. The number of rotatable bonds is 3. The summed E-state index contributed by atoms with van der Waals surface area (Å²) in [7, 11) is -3.41. The van der Waals surface area contributed by atoms with E-state index in [1.807, 2.05) is 26.0 Å². The summed E-state index contributed by atoms with van der Waals surface area (Å²) < 4.78 is 27.4. The molecule has 1 fully saturated rings. The highest BCUT2D eigenvalue weighted by molar-refractivity contribution is 7.89. The van der Waals surface area contributed by atoms with E-state index in [-0.39, 0.29) is 18.0 Å². The normalized spacial score (nSPS) is 25.1. The van der Waals surface area contributed by atoms with Gasteiger partial charge in [-0.1, -0.05) is 31.5 Å². The molecule has 5 heteroatoms. The topological polar surface area (TPSA) is 49.4 Å². The van der Waals surface area contributed by atoms with E-state index in [4.69, 9.17) is 0 Å². The molecule has 4 nitrogen and oxygen atoms in total. The third-order valence-electron chi connectivity index (χ3n) is 3.90. The molecule has 0 spiro atoms. The van der Waals surface area contributed by atoms with Gasteiger partial charge in [-0.2, -0.15) is 4.31 Å². The molecule has 1 aliphatic rings. The summed E-state index contributed by atoms with van der Waals surface area (Å²) >= 11 is 0. The minimum absolute atomic E-state index is 0.0116. The largest absolute Gasteiger partial charge is 0.311 e. The summed E-state index contributed by atoms with van der Waals surface area (Å²) in [5.74, 6) is 0.287. The quantitative estimate of drug-likeness (QED) is 0.928. The Balaban J connectivity index is 2.36. The van der Waals surface area contributed by atoms with Gasteiger partial charge in [0.25, 0.3) is 0 Å². The van der Waals surface area contributed by atoms with Crippen molar-refractivity contribution >= 4 is 10.0 Å². The Morgan fingerprint density at radius 2 is 1.85 bits per heavy atom. The van der Waals surface area contributed by atoms with Crippen LogP contribution in [0.15, 0.2) is 29.2 Å². The van der Waals surface area contributed by atoms with Gasteiger partial charge < -0.3 is 5.32 Å². The van der Waals surface area contributed by atoms with Crippen LogP contribution in [-0.2, 0) is 10.0 Å². The van der Waals surface area contributed by atoms with Crippen molar-refractivity contribution in [1.29, 1.82) is 0 Å². The third-order valence-corrected chi connectivity index (χ3v) is 5.80. The van der Waals surface area contributed by atoms with E-state index < -0.39 is 10.0 Å². The average Bonchev–Trinajstić information content (AvgIpc) is 2.38. The Bertz CT molecular complexity index is 552. The lowest BCUT2D eigenvalue weighted by Crippen LogP contribution is -2.58. The molecule has 20 heavy (non-hydrogen) atoms. The van der Waals surface area contributed by atoms with E-state index >= 15 is 0 Å². The van der Waals surface area contributed by atoms with E-state index in [1.54, 1.807) is 16.4 Å². The minimum atomic E-state index is -3.41. The van der Waals surface area contributed by atoms with Crippen LogP contribution in [0, 0.1) is 12.8 Å². The van der Waals surface area contributed by atoms with Crippen LogP contribution < -0.4 is 5.32 Å². The fraction of sp³-hybridized carbons (Fsp3) is 0.600. The molecule has 2 rings (SSSR count). The van der Waals surface area contributed by atoms with Crippen LogP contribution in [0.1, 0.15) is 26.3 Å². The summed E-state index contributed by atoms with van der Waals surface area (Å²) in [4.78, 5) is 0.392. The SMILES string of the molecule is Cc1ccc(S(=O)(=O)N2CC(C)NCC2C(C)C)cc1. The fourth-order valence-electron chi connectivity index (χ4n) is 2.58. The first-order valence-corrected chi connectivity index (χ1v) is 8.58. The Morgan fingerprint density at radius 1 is 1.25 bits per heavy atom. The average molecular weight is 296 g/mol. The van der Waals surface area contributed by atoms with Crippen LogP contribution in [0.25, 0.3) is 0 Å². The van der Waals surface area contributed by atoms with E-state index in [0.717, 1.165) is 5.56 Å². The predicted molar refractivity (Wildman–Crippen MR) is 81.2 cm³/mol. The number of benzene rings is 1. The van der Waals surface area contributed by atoms with Crippen molar-refractivity contribution in [1.82, 2.24) is 9.62 Å². The molecule has 0 amide bonds. The zero-order valence-electron chi connectivity index (χ0n) is 12.6. The maximum absolute atomic E-state index is 12.9. The van der Waals surface area contributed by atoms with Gasteiger partial charge in [-0.05, 0) is 31.9 Å². The maximum Gasteiger partial charge on any atom is 0.243 e. The lowest BCUT2D eigenvalue weighted by Gasteiger charge is -2.40. The molecule has 0 saturated carbocycles. The number of aryl methyl sites for hydroxylation is 1. The molecule has 2 atom stereocenters. The van der Waals surface area contributed by atoms with Gasteiger partial charge in [0, 0.05) is 25.2 Å². The van der Waals surface area contributed by atoms with E-state index in [2.05, 4.69) is 19.2 Å². The summed E-state index contributed by atoms with van der Waals surface area (Å²) in [5, 5.41) is 3.37. The second kappa shape index (κ2) is 5.84. The van der Waals surface area contributed by atoms with Crippen LogP contribution >= 0.6 is 0 Å². The van der Waals surface area contributed by atoms with Gasteiger partial charge in [0.15, 0.2) is 0 Å². The molecule has 1 aliphatic heterocycles. The molecule has 1 heterocycles. The number of nitrogens with one attached hydrogen (secondary N) is 1. The van der Waals surface area contributed by atoms with Crippen LogP contribution in [0.5, 0.6) is 0 Å². The minimum Gasteiger partial charge on any atom is -0.311 e. The molecule has 0 bridgehead atoms. The van der Waals surface area contributed by atoms with Gasteiger partial charge in [-0.3, -0.25) is 0 Å². The summed E-state index contributed by atoms with van der Waals surface area (Å²) in [5.41, 5.74) is 1.07. The summed E-state index contributed by atoms with van der Waals surface area (Å²) in [6, 6.07) is 7.30. The number of hydrogen-bond acceptors (Lipinski definition) is 3. The van der Waals surface area contributed by atoms with Crippen molar-refractivity contribution in [2.45, 2.75) is 44.7 Å². The molecule has 1 N–H and O–H groups in total. The molecule has 1 aromatic carbocycles. The van der Waals surface area contributed by atoms with Gasteiger partial charge >= 0.3 is 0 Å². The zero-order valence-corrected chi connectivity index (χ0v) is 13.4. The highest BCUT2D eigenvalue weighted by Gasteiger charge is 2.36. The Labute approximate surface area is 122 Å². The summed E-state index contributed by atoms with van der Waals surface area (Å²) in [6.45, 7) is 9.36. The molecule has 112 valence electrons. The van der Waals surface area contributed by atoms with Gasteiger partial charge in [0.05, 0.1) is 4.90 Å². The van der Waals surface area contributed by atoms with Crippen LogP contribution in [0.4, 0.5) is 0 Å². The number of piperazine rings is 1. The first-order chi connectivity index (χ1) is 9.32. The van der Waals surface area contributed by atoms with Crippen molar-refractivity contribution in [3.8, 4) is 0 Å². The van der Waals surface area contributed by atoms with E-state index in [1.165, 1.54) is 0 Å². The van der Waals surface area contributed by atoms with Crippen molar-refractivity contribution in [2.75, 3.05) is 13.1 Å². The van der Waals surface area contributed by atoms with Crippen LogP contribution in [0.3, 0.4) is 0 Å². The number of nitrogens with zero attached hydrogens (tertiary/aromatic N) is 1. The third kappa shape index (κ3) is 3.05. The van der Waals surface area contributed by atoms with Gasteiger partial charge in [0.2, 0.25) is 10.0 Å². The van der Waals surface area contributed by atoms with Gasteiger partial charge in [-0.15, -0.1) is 0 Å². The Morgan fingerprint density at radius 3 is 2.40 bits per heavy atom. The predicted octanol–water partition coefficient (Wildman–Crippen LogP) is 2.00. The molecule has 2 unspecified atom stereocenters. The number of sulfonamides is 1. The molecule has 1 aromatic rings. The fourth-order valence-corrected chi connectivity index (χ4v) is 4.43.